The van der Waals surface area contributed by atoms with Crippen LogP contribution in [-0.2, 0) is 9.59 Å². The fraction of sp³-hybridized carbons (Fsp3) is 0.333. The summed E-state index contributed by atoms with van der Waals surface area (Å²) >= 11 is 0. The molecular weight excluding hydrogens is 282 g/mol. The van der Waals surface area contributed by atoms with E-state index in [1.54, 1.807) is 6.92 Å². The van der Waals surface area contributed by atoms with Crippen LogP contribution in [0.25, 0.3) is 0 Å². The Morgan fingerprint density at radius 3 is 2.91 bits per heavy atom. The molecule has 114 valence electrons. The van der Waals surface area contributed by atoms with Gasteiger partial charge >= 0.3 is 0 Å². The highest BCUT2D eigenvalue weighted by Crippen LogP contribution is 2.25. The van der Waals surface area contributed by atoms with Gasteiger partial charge in [-0.15, -0.1) is 0 Å². The number of rotatable bonds is 3. The molecule has 2 amide bonds. The lowest BCUT2D eigenvalue weighted by Crippen LogP contribution is -2.24. The van der Waals surface area contributed by atoms with Crippen molar-refractivity contribution in [3.8, 4) is 0 Å². The Labute approximate surface area is 127 Å². The molecule has 0 bridgehead atoms. The van der Waals surface area contributed by atoms with Gasteiger partial charge in [0.1, 0.15) is 11.9 Å². The van der Waals surface area contributed by atoms with E-state index in [4.69, 9.17) is 0 Å². The van der Waals surface area contributed by atoms with E-state index in [1.165, 1.54) is 4.68 Å². The number of carbonyl (C=O) groups excluding carboxylic acids is 2. The molecule has 1 atom stereocenters. The van der Waals surface area contributed by atoms with E-state index < -0.39 is 6.04 Å². The van der Waals surface area contributed by atoms with Gasteiger partial charge in [-0.05, 0) is 38.0 Å². The molecular formula is C15H17N5O2. The molecule has 1 aliphatic rings. The van der Waals surface area contributed by atoms with Gasteiger partial charge in [-0.25, -0.2) is 4.68 Å². The Kier molecular flexibility index (Phi) is 3.40. The summed E-state index contributed by atoms with van der Waals surface area (Å²) in [5, 5.41) is 9.64. The minimum Gasteiger partial charge on any atom is -0.326 e. The summed E-state index contributed by atoms with van der Waals surface area (Å²) in [7, 11) is 0. The molecule has 2 aromatic rings. The van der Waals surface area contributed by atoms with Crippen molar-refractivity contribution in [1.29, 1.82) is 0 Å². The van der Waals surface area contributed by atoms with Gasteiger partial charge < -0.3 is 5.32 Å². The molecule has 22 heavy (non-hydrogen) atoms. The molecule has 0 aliphatic carbocycles. The first-order valence-electron chi connectivity index (χ1n) is 7.05. The van der Waals surface area contributed by atoms with Crippen LogP contribution in [0.4, 0.5) is 11.6 Å². The Hall–Kier alpha value is -2.70. The first kappa shape index (κ1) is 14.2. The number of nitrogens with zero attached hydrogens (tertiary/aromatic N) is 3. The van der Waals surface area contributed by atoms with Gasteiger partial charge in [0.25, 0.3) is 5.91 Å². The highest BCUT2D eigenvalue weighted by molar-refractivity contribution is 6.01. The summed E-state index contributed by atoms with van der Waals surface area (Å²) in [6, 6.07) is 5.19. The molecule has 1 unspecified atom stereocenters. The topological polar surface area (TPSA) is 88.9 Å². The van der Waals surface area contributed by atoms with Crippen molar-refractivity contribution in [2.24, 2.45) is 0 Å². The fourth-order valence-corrected chi connectivity index (χ4v) is 2.46. The summed E-state index contributed by atoms with van der Waals surface area (Å²) in [5.74, 6) is 0.475. The molecule has 1 aliphatic heterocycles. The SMILES string of the molecule is Cc1ccc(C)c(NC(=O)CC2C(=O)Nc3nc(C)nn32)c1. The minimum atomic E-state index is -0.652. The zero-order valence-corrected chi connectivity index (χ0v) is 12.7. The zero-order valence-electron chi connectivity index (χ0n) is 12.7. The molecule has 0 spiro atoms. The molecule has 0 radical (unpaired) electrons. The second kappa shape index (κ2) is 5.25. The minimum absolute atomic E-state index is 0.0228. The third kappa shape index (κ3) is 2.57. The van der Waals surface area contributed by atoms with Crippen molar-refractivity contribution in [3.05, 3.63) is 35.2 Å². The molecule has 7 nitrogen and oxygen atoms in total. The number of carbonyl (C=O) groups is 2. The van der Waals surface area contributed by atoms with Gasteiger partial charge in [0, 0.05) is 5.69 Å². The van der Waals surface area contributed by atoms with Gasteiger partial charge in [-0.2, -0.15) is 10.1 Å². The van der Waals surface area contributed by atoms with Gasteiger partial charge in [0.05, 0.1) is 6.42 Å². The van der Waals surface area contributed by atoms with Crippen molar-refractivity contribution in [2.45, 2.75) is 33.2 Å². The molecule has 2 heterocycles. The number of hydrogen-bond donors (Lipinski definition) is 2. The molecule has 3 rings (SSSR count). The Morgan fingerprint density at radius 1 is 1.36 bits per heavy atom. The molecule has 2 N–H and O–H groups in total. The van der Waals surface area contributed by atoms with Gasteiger partial charge in [0.2, 0.25) is 11.9 Å². The van der Waals surface area contributed by atoms with Crippen LogP contribution in [0, 0.1) is 20.8 Å². The Morgan fingerprint density at radius 2 is 2.14 bits per heavy atom. The number of hydrogen-bond acceptors (Lipinski definition) is 4. The standard InChI is InChI=1S/C15H17N5O2/c1-8-4-5-9(2)11(6-8)17-13(21)7-12-14(22)18-15-16-10(3)19-20(12)15/h4-6,12H,7H2,1-3H3,(H,17,21)(H,16,18,19,22). The van der Waals surface area contributed by atoms with Crippen LogP contribution in [0.3, 0.4) is 0 Å². The molecule has 1 aromatic carbocycles. The van der Waals surface area contributed by atoms with E-state index in [-0.39, 0.29) is 18.2 Å². The van der Waals surface area contributed by atoms with E-state index in [0.717, 1.165) is 16.8 Å². The van der Waals surface area contributed by atoms with E-state index in [9.17, 15) is 9.59 Å². The Bertz CT molecular complexity index is 765. The summed E-state index contributed by atoms with van der Waals surface area (Å²) in [4.78, 5) is 28.3. The summed E-state index contributed by atoms with van der Waals surface area (Å²) in [6.45, 7) is 5.63. The zero-order chi connectivity index (χ0) is 15.9. The molecule has 0 fully saturated rings. The maximum atomic E-state index is 12.2. The van der Waals surface area contributed by atoms with Crippen LogP contribution in [0.15, 0.2) is 18.2 Å². The molecule has 0 saturated carbocycles. The van der Waals surface area contributed by atoms with E-state index in [1.807, 2.05) is 32.0 Å². The van der Waals surface area contributed by atoms with Crippen LogP contribution in [0.1, 0.15) is 29.4 Å². The number of fused-ring (bicyclic) bond motifs is 1. The van der Waals surface area contributed by atoms with Crippen molar-refractivity contribution >= 4 is 23.5 Å². The first-order valence-corrected chi connectivity index (χ1v) is 7.05. The van der Waals surface area contributed by atoms with E-state index in [0.29, 0.717) is 11.8 Å². The number of aromatic nitrogens is 3. The predicted octanol–water partition coefficient (Wildman–Crippen LogP) is 1.73. The molecule has 1 aromatic heterocycles. The number of benzene rings is 1. The monoisotopic (exact) mass is 299 g/mol. The van der Waals surface area contributed by atoms with Crippen LogP contribution in [0.2, 0.25) is 0 Å². The molecule has 0 saturated heterocycles. The van der Waals surface area contributed by atoms with Gasteiger partial charge in [-0.3, -0.25) is 14.9 Å². The second-order valence-corrected chi connectivity index (χ2v) is 5.50. The van der Waals surface area contributed by atoms with Crippen LogP contribution < -0.4 is 10.6 Å². The number of aryl methyl sites for hydroxylation is 3. The quantitative estimate of drug-likeness (QED) is 0.903. The number of anilines is 2. The second-order valence-electron chi connectivity index (χ2n) is 5.50. The van der Waals surface area contributed by atoms with Gasteiger partial charge in [-0.1, -0.05) is 12.1 Å². The summed E-state index contributed by atoms with van der Waals surface area (Å²) < 4.78 is 1.47. The maximum Gasteiger partial charge on any atom is 0.252 e. The predicted molar refractivity (Wildman–Crippen MR) is 81.6 cm³/mol. The third-order valence-electron chi connectivity index (χ3n) is 3.62. The normalized spacial score (nSPS) is 16.3. The first-order chi connectivity index (χ1) is 10.4. The lowest BCUT2D eigenvalue weighted by Gasteiger charge is -2.12. The van der Waals surface area contributed by atoms with Crippen molar-refractivity contribution < 1.29 is 9.59 Å². The van der Waals surface area contributed by atoms with Crippen molar-refractivity contribution in [1.82, 2.24) is 14.8 Å². The number of amides is 2. The highest BCUT2D eigenvalue weighted by atomic mass is 16.2. The highest BCUT2D eigenvalue weighted by Gasteiger charge is 2.34. The lowest BCUT2D eigenvalue weighted by atomic mass is 10.1. The average Bonchev–Trinajstić information content (AvgIpc) is 2.92. The Balaban J connectivity index is 1.74. The third-order valence-corrected chi connectivity index (χ3v) is 3.62. The summed E-state index contributed by atoms with van der Waals surface area (Å²) in [6.07, 6.45) is 0.0228. The van der Waals surface area contributed by atoms with E-state index >= 15 is 0 Å². The van der Waals surface area contributed by atoms with E-state index in [2.05, 4.69) is 20.7 Å². The number of nitrogens with one attached hydrogen (secondary N) is 2. The van der Waals surface area contributed by atoms with Crippen LogP contribution in [0.5, 0.6) is 0 Å². The van der Waals surface area contributed by atoms with Gasteiger partial charge in [0.15, 0.2) is 0 Å². The fourth-order valence-electron chi connectivity index (χ4n) is 2.46. The van der Waals surface area contributed by atoms with Crippen LogP contribution >= 0.6 is 0 Å². The largest absolute Gasteiger partial charge is 0.326 e. The maximum absolute atomic E-state index is 12.2. The van der Waals surface area contributed by atoms with Crippen LogP contribution in [-0.4, -0.2) is 26.6 Å². The smallest absolute Gasteiger partial charge is 0.252 e. The summed E-state index contributed by atoms with van der Waals surface area (Å²) in [5.41, 5.74) is 2.80. The van der Waals surface area contributed by atoms with Crippen molar-refractivity contribution in [3.63, 3.8) is 0 Å². The molecule has 7 heteroatoms. The lowest BCUT2D eigenvalue weighted by molar-refractivity contribution is -0.123. The average molecular weight is 299 g/mol. The van der Waals surface area contributed by atoms with Crippen molar-refractivity contribution in [2.75, 3.05) is 10.6 Å².